The first-order chi connectivity index (χ1) is 19.7. The Balaban J connectivity index is 1.28. The summed E-state index contributed by atoms with van der Waals surface area (Å²) in [6, 6.07) is 13.9. The van der Waals surface area contributed by atoms with Crippen LogP contribution in [0, 0.1) is 16.0 Å². The molecule has 11 heteroatoms. The van der Waals surface area contributed by atoms with Gasteiger partial charge in [-0.1, -0.05) is 17.7 Å². The van der Waals surface area contributed by atoms with Crippen LogP contribution in [0.1, 0.15) is 39.3 Å². The van der Waals surface area contributed by atoms with E-state index < -0.39 is 4.92 Å². The van der Waals surface area contributed by atoms with Crippen molar-refractivity contribution in [1.29, 1.82) is 0 Å². The molecule has 4 aromatic rings. The third-order valence-electron chi connectivity index (χ3n) is 7.23. The molecule has 2 aromatic heterocycles. The summed E-state index contributed by atoms with van der Waals surface area (Å²) in [6.45, 7) is 9.42. The fraction of sp³-hybridized carbons (Fsp3) is 0.367. The van der Waals surface area contributed by atoms with Gasteiger partial charge in [-0.25, -0.2) is 9.97 Å². The molecule has 0 radical (unpaired) electrons. The summed E-state index contributed by atoms with van der Waals surface area (Å²) in [7, 11) is 0. The summed E-state index contributed by atoms with van der Waals surface area (Å²) >= 11 is 6.47. The van der Waals surface area contributed by atoms with Crippen LogP contribution in [-0.4, -0.2) is 50.0 Å². The van der Waals surface area contributed by atoms with Gasteiger partial charge in [0.2, 0.25) is 0 Å². The number of hydrogen-bond acceptors (Lipinski definition) is 9. The van der Waals surface area contributed by atoms with Crippen LogP contribution in [0.15, 0.2) is 61.1 Å². The molecular formula is C30H33ClN6O4. The second-order valence-electron chi connectivity index (χ2n) is 11.1. The largest absolute Gasteiger partial charge is 0.487 e. The van der Waals surface area contributed by atoms with Crippen molar-refractivity contribution in [2.75, 3.05) is 25.0 Å². The van der Waals surface area contributed by atoms with Gasteiger partial charge in [-0.3, -0.25) is 20.0 Å². The van der Waals surface area contributed by atoms with Crippen LogP contribution in [-0.2, 0) is 6.61 Å². The van der Waals surface area contributed by atoms with Crippen molar-refractivity contribution in [3.8, 4) is 11.5 Å². The molecule has 1 N–H and O–H groups in total. The zero-order chi connectivity index (χ0) is 29.0. The lowest BCUT2D eigenvalue weighted by atomic mass is 10.0. The van der Waals surface area contributed by atoms with Gasteiger partial charge in [0.05, 0.1) is 33.1 Å². The lowest BCUT2D eigenvalue weighted by Crippen LogP contribution is -2.39. The third kappa shape index (κ3) is 7.01. The van der Waals surface area contributed by atoms with E-state index in [0.717, 1.165) is 31.6 Å². The smallest absolute Gasteiger partial charge is 0.311 e. The van der Waals surface area contributed by atoms with E-state index in [1.165, 1.54) is 12.4 Å². The van der Waals surface area contributed by atoms with Gasteiger partial charge in [0, 0.05) is 36.1 Å². The van der Waals surface area contributed by atoms with Crippen molar-refractivity contribution in [2.24, 2.45) is 5.92 Å². The quantitative estimate of drug-likeness (QED) is 0.161. The zero-order valence-electron chi connectivity index (χ0n) is 23.3. The number of likely N-dealkylation sites (tertiary alicyclic amines) is 1. The number of pyridine rings is 1. The SMILES string of the molecule is CC(C)(C)N1CCC(CCOc2cc3ncnc(Nc4ccc(OCc5ccccn5)c(Cl)c4)c3cc2[N+](=O)[O-])C1. The number of fused-ring (bicyclic) bond motifs is 1. The van der Waals surface area contributed by atoms with E-state index in [4.69, 9.17) is 21.1 Å². The number of ether oxygens (including phenoxy) is 2. The normalized spacial score (nSPS) is 15.7. The maximum Gasteiger partial charge on any atom is 0.311 e. The molecule has 3 heterocycles. The predicted molar refractivity (Wildman–Crippen MR) is 159 cm³/mol. The van der Waals surface area contributed by atoms with Gasteiger partial charge in [-0.05, 0) is 76.4 Å². The van der Waals surface area contributed by atoms with E-state index in [0.29, 0.717) is 45.7 Å². The molecule has 0 amide bonds. The number of nitro benzene ring substituents is 1. The van der Waals surface area contributed by atoms with E-state index in [9.17, 15) is 10.1 Å². The standard InChI is InChI=1S/C30H33ClN6O4/c1-30(2,3)36-12-9-20(17-36)10-13-40-28-16-25-23(15-26(28)37(38)39)29(34-19-33-25)35-21-7-8-27(24(31)14-21)41-18-22-6-4-5-11-32-22/h4-8,11,14-16,19-20H,9-10,12-13,17-18H2,1-3H3,(H,33,34,35). The Morgan fingerprint density at radius 1 is 1.10 bits per heavy atom. The van der Waals surface area contributed by atoms with Gasteiger partial charge in [-0.2, -0.15) is 0 Å². The number of rotatable bonds is 10. The molecule has 1 fully saturated rings. The van der Waals surface area contributed by atoms with Crippen LogP contribution in [0.2, 0.25) is 5.02 Å². The summed E-state index contributed by atoms with van der Waals surface area (Å²) in [5.74, 6) is 1.63. The number of benzene rings is 2. The Hall–Kier alpha value is -4.02. The highest BCUT2D eigenvalue weighted by molar-refractivity contribution is 6.32. The Labute approximate surface area is 243 Å². The first-order valence-corrected chi connectivity index (χ1v) is 14.0. The molecule has 0 bridgehead atoms. The van der Waals surface area contributed by atoms with Crippen LogP contribution in [0.25, 0.3) is 10.9 Å². The van der Waals surface area contributed by atoms with Gasteiger partial charge in [-0.15, -0.1) is 0 Å². The summed E-state index contributed by atoms with van der Waals surface area (Å²) in [6.07, 6.45) is 5.05. The van der Waals surface area contributed by atoms with Crippen molar-refractivity contribution in [3.63, 3.8) is 0 Å². The van der Waals surface area contributed by atoms with Crippen LogP contribution in [0.5, 0.6) is 11.5 Å². The van der Waals surface area contributed by atoms with Crippen LogP contribution >= 0.6 is 11.6 Å². The highest BCUT2D eigenvalue weighted by atomic mass is 35.5. The number of nitrogens with zero attached hydrogens (tertiary/aromatic N) is 5. The first kappa shape index (κ1) is 28.5. The molecule has 2 aromatic carbocycles. The number of anilines is 2. The second kappa shape index (κ2) is 12.2. The summed E-state index contributed by atoms with van der Waals surface area (Å²) < 4.78 is 11.8. The van der Waals surface area contributed by atoms with E-state index in [1.807, 2.05) is 18.2 Å². The third-order valence-corrected chi connectivity index (χ3v) is 7.52. The highest BCUT2D eigenvalue weighted by Crippen LogP contribution is 2.36. The van der Waals surface area contributed by atoms with Gasteiger partial charge in [0.1, 0.15) is 24.5 Å². The molecular weight excluding hydrogens is 544 g/mol. The average Bonchev–Trinajstić information content (AvgIpc) is 3.43. The van der Waals surface area contributed by atoms with Crippen molar-refractivity contribution in [2.45, 2.75) is 45.8 Å². The van der Waals surface area contributed by atoms with Crippen molar-refractivity contribution >= 4 is 39.7 Å². The first-order valence-electron chi connectivity index (χ1n) is 13.6. The van der Waals surface area contributed by atoms with Crippen molar-refractivity contribution < 1.29 is 14.4 Å². The summed E-state index contributed by atoms with van der Waals surface area (Å²) in [4.78, 5) is 26.9. The highest BCUT2D eigenvalue weighted by Gasteiger charge is 2.30. The van der Waals surface area contributed by atoms with Crippen LogP contribution < -0.4 is 14.8 Å². The molecule has 10 nitrogen and oxygen atoms in total. The molecule has 1 saturated heterocycles. The second-order valence-corrected chi connectivity index (χ2v) is 11.5. The lowest BCUT2D eigenvalue weighted by molar-refractivity contribution is -0.385. The molecule has 5 rings (SSSR count). The predicted octanol–water partition coefficient (Wildman–Crippen LogP) is 6.80. The van der Waals surface area contributed by atoms with E-state index in [1.54, 1.807) is 30.5 Å². The van der Waals surface area contributed by atoms with Crippen molar-refractivity contribution in [3.05, 3.63) is 81.9 Å². The van der Waals surface area contributed by atoms with Crippen LogP contribution in [0.4, 0.5) is 17.2 Å². The fourth-order valence-corrected chi connectivity index (χ4v) is 5.15. The van der Waals surface area contributed by atoms with E-state index in [-0.39, 0.29) is 23.6 Å². The minimum absolute atomic E-state index is 0.130. The number of nitro groups is 1. The molecule has 1 aliphatic heterocycles. The number of aromatic nitrogens is 3. The monoisotopic (exact) mass is 576 g/mol. The van der Waals surface area contributed by atoms with Gasteiger partial charge in [0.15, 0.2) is 5.75 Å². The minimum Gasteiger partial charge on any atom is -0.487 e. The summed E-state index contributed by atoms with van der Waals surface area (Å²) in [5.41, 5.74) is 1.97. The minimum atomic E-state index is -0.437. The maximum absolute atomic E-state index is 12.0. The molecule has 0 saturated carbocycles. The van der Waals surface area contributed by atoms with E-state index >= 15 is 0 Å². The number of hydrogen-bond donors (Lipinski definition) is 1. The zero-order valence-corrected chi connectivity index (χ0v) is 24.1. The maximum atomic E-state index is 12.0. The average molecular weight is 577 g/mol. The molecule has 41 heavy (non-hydrogen) atoms. The molecule has 1 unspecified atom stereocenters. The Morgan fingerprint density at radius 2 is 1.95 bits per heavy atom. The molecule has 1 aliphatic rings. The van der Waals surface area contributed by atoms with Gasteiger partial charge >= 0.3 is 5.69 Å². The Bertz CT molecular complexity index is 1530. The molecule has 1 atom stereocenters. The molecule has 214 valence electrons. The fourth-order valence-electron chi connectivity index (χ4n) is 4.91. The van der Waals surface area contributed by atoms with E-state index in [2.05, 4.69) is 45.9 Å². The molecule has 0 spiro atoms. The Morgan fingerprint density at radius 3 is 2.66 bits per heavy atom. The topological polar surface area (TPSA) is 116 Å². The van der Waals surface area contributed by atoms with Gasteiger partial charge in [0.25, 0.3) is 0 Å². The lowest BCUT2D eigenvalue weighted by Gasteiger charge is -2.31. The van der Waals surface area contributed by atoms with Gasteiger partial charge < -0.3 is 14.8 Å². The van der Waals surface area contributed by atoms with Crippen molar-refractivity contribution in [1.82, 2.24) is 19.9 Å². The number of halogens is 1. The van der Waals surface area contributed by atoms with Crippen LogP contribution in [0.3, 0.4) is 0 Å². The number of nitrogens with one attached hydrogen (secondary N) is 1. The Kier molecular flexibility index (Phi) is 8.51. The summed E-state index contributed by atoms with van der Waals surface area (Å²) in [5, 5.41) is 16.1. The molecule has 0 aliphatic carbocycles.